The number of carbonyl (C=O) groups is 2. The molecule has 27 heavy (non-hydrogen) atoms. The van der Waals surface area contributed by atoms with Gasteiger partial charge in [0.25, 0.3) is 0 Å². The van der Waals surface area contributed by atoms with Crippen molar-refractivity contribution < 1.29 is 14.3 Å². The van der Waals surface area contributed by atoms with Crippen LogP contribution in [0.5, 0.6) is 5.75 Å². The van der Waals surface area contributed by atoms with Crippen molar-refractivity contribution in [2.45, 2.75) is 26.3 Å². The van der Waals surface area contributed by atoms with Crippen LogP contribution in [0.4, 0.5) is 16.2 Å². The third-order valence-electron chi connectivity index (χ3n) is 4.44. The van der Waals surface area contributed by atoms with Crippen LogP contribution in [0.3, 0.4) is 0 Å². The molecule has 0 radical (unpaired) electrons. The van der Waals surface area contributed by atoms with Gasteiger partial charge in [0.1, 0.15) is 5.75 Å². The summed E-state index contributed by atoms with van der Waals surface area (Å²) in [7, 11) is 0. The molecule has 1 heterocycles. The maximum atomic E-state index is 12.3. The lowest BCUT2D eigenvalue weighted by Crippen LogP contribution is -2.39. The Balaban J connectivity index is 1.60. The smallest absolute Gasteiger partial charge is 0.319 e. The van der Waals surface area contributed by atoms with E-state index < -0.39 is 0 Å². The molecule has 0 unspecified atom stereocenters. The molecule has 1 aliphatic heterocycles. The molecule has 3 amide bonds. The summed E-state index contributed by atoms with van der Waals surface area (Å²) in [4.78, 5) is 26.3. The molecular weight excluding hydrogens is 366 g/mol. The van der Waals surface area contributed by atoms with Crippen LogP contribution >= 0.6 is 11.6 Å². The zero-order valence-electron chi connectivity index (χ0n) is 15.3. The lowest BCUT2D eigenvalue weighted by Gasteiger charge is -2.18. The quantitative estimate of drug-likeness (QED) is 0.815. The summed E-state index contributed by atoms with van der Waals surface area (Å²) in [6.07, 6.45) is 0.259. The molecule has 2 N–H and O–H groups in total. The maximum Gasteiger partial charge on any atom is 0.319 e. The van der Waals surface area contributed by atoms with Crippen LogP contribution in [0.2, 0.25) is 5.02 Å². The van der Waals surface area contributed by atoms with Gasteiger partial charge in [0.15, 0.2) is 0 Å². The maximum absolute atomic E-state index is 12.3. The normalized spacial score (nSPS) is 16.3. The van der Waals surface area contributed by atoms with Crippen molar-refractivity contribution in [1.29, 1.82) is 0 Å². The highest BCUT2D eigenvalue weighted by molar-refractivity contribution is 6.31. The minimum atomic E-state index is -0.355. The Morgan fingerprint density at radius 2 is 2.00 bits per heavy atom. The molecule has 0 saturated carbocycles. The molecule has 7 heteroatoms. The molecule has 2 aromatic carbocycles. The average molecular weight is 388 g/mol. The zero-order valence-corrected chi connectivity index (χ0v) is 16.0. The van der Waals surface area contributed by atoms with Crippen molar-refractivity contribution in [3.63, 3.8) is 0 Å². The summed E-state index contributed by atoms with van der Waals surface area (Å²) in [5, 5.41) is 6.23. The number of urea groups is 1. The van der Waals surface area contributed by atoms with Crippen LogP contribution in [-0.4, -0.2) is 31.1 Å². The molecule has 1 aliphatic rings. The van der Waals surface area contributed by atoms with Gasteiger partial charge in [-0.3, -0.25) is 4.79 Å². The van der Waals surface area contributed by atoms with Crippen molar-refractivity contribution >= 4 is 34.9 Å². The van der Waals surface area contributed by atoms with E-state index in [-0.39, 0.29) is 24.4 Å². The van der Waals surface area contributed by atoms with E-state index in [9.17, 15) is 9.59 Å². The van der Waals surface area contributed by atoms with E-state index in [2.05, 4.69) is 10.6 Å². The fourth-order valence-electron chi connectivity index (χ4n) is 3.03. The van der Waals surface area contributed by atoms with Gasteiger partial charge in [-0.1, -0.05) is 17.7 Å². The summed E-state index contributed by atoms with van der Waals surface area (Å²) in [6.45, 7) is 4.78. The van der Waals surface area contributed by atoms with Crippen molar-refractivity contribution in [2.75, 3.05) is 23.4 Å². The highest BCUT2D eigenvalue weighted by atomic mass is 35.5. The molecule has 0 bridgehead atoms. The number of ether oxygens (including phenoxy) is 1. The number of amides is 3. The number of nitrogens with zero attached hydrogens (tertiary/aromatic N) is 1. The number of rotatable bonds is 5. The predicted octanol–water partition coefficient (Wildman–Crippen LogP) is 3.97. The lowest BCUT2D eigenvalue weighted by molar-refractivity contribution is -0.117. The van der Waals surface area contributed by atoms with Crippen LogP contribution in [0.1, 0.15) is 18.9 Å². The first-order valence-corrected chi connectivity index (χ1v) is 9.21. The SMILES string of the molecule is CCOc1ccc(N2C[C@H](NC(=O)Nc3cccc(Cl)c3C)CC2=O)cc1. The summed E-state index contributed by atoms with van der Waals surface area (Å²) in [5.41, 5.74) is 2.24. The van der Waals surface area contributed by atoms with Crippen LogP contribution in [0, 0.1) is 6.92 Å². The first kappa shape index (κ1) is 19.0. The van der Waals surface area contributed by atoms with E-state index >= 15 is 0 Å². The third-order valence-corrected chi connectivity index (χ3v) is 4.85. The number of anilines is 2. The fraction of sp³-hybridized carbons (Fsp3) is 0.300. The Labute approximate surface area is 163 Å². The molecule has 3 rings (SSSR count). The first-order chi connectivity index (χ1) is 13.0. The second-order valence-electron chi connectivity index (χ2n) is 6.34. The summed E-state index contributed by atoms with van der Waals surface area (Å²) in [6, 6.07) is 12.1. The highest BCUT2D eigenvalue weighted by Gasteiger charge is 2.31. The fourth-order valence-corrected chi connectivity index (χ4v) is 3.20. The van der Waals surface area contributed by atoms with Gasteiger partial charge in [0.2, 0.25) is 5.91 Å². The number of nitrogens with one attached hydrogen (secondary N) is 2. The second-order valence-corrected chi connectivity index (χ2v) is 6.75. The Kier molecular flexibility index (Phi) is 5.86. The molecule has 1 saturated heterocycles. The molecule has 0 aromatic heterocycles. The largest absolute Gasteiger partial charge is 0.494 e. The van der Waals surface area contributed by atoms with Gasteiger partial charge in [-0.15, -0.1) is 0 Å². The molecule has 1 fully saturated rings. The van der Waals surface area contributed by atoms with Gasteiger partial charge < -0.3 is 20.3 Å². The molecule has 6 nitrogen and oxygen atoms in total. The lowest BCUT2D eigenvalue weighted by atomic mass is 10.2. The highest BCUT2D eigenvalue weighted by Crippen LogP contribution is 2.25. The van der Waals surface area contributed by atoms with E-state index in [1.54, 1.807) is 23.1 Å². The van der Waals surface area contributed by atoms with Gasteiger partial charge >= 0.3 is 6.03 Å². The molecule has 2 aromatic rings. The van der Waals surface area contributed by atoms with Crippen molar-refractivity contribution in [3.8, 4) is 5.75 Å². The van der Waals surface area contributed by atoms with E-state index in [0.717, 1.165) is 17.0 Å². The number of hydrogen-bond donors (Lipinski definition) is 2. The minimum Gasteiger partial charge on any atom is -0.494 e. The zero-order chi connectivity index (χ0) is 19.4. The van der Waals surface area contributed by atoms with Crippen molar-refractivity contribution in [2.24, 2.45) is 0 Å². The second kappa shape index (κ2) is 8.31. The third kappa shape index (κ3) is 4.52. The topological polar surface area (TPSA) is 70.7 Å². The van der Waals surface area contributed by atoms with E-state index in [1.165, 1.54) is 0 Å². The molecule has 1 atom stereocenters. The molecule has 0 aliphatic carbocycles. The minimum absolute atomic E-state index is 0.0246. The first-order valence-electron chi connectivity index (χ1n) is 8.83. The number of benzene rings is 2. The molecule has 0 spiro atoms. The van der Waals surface area contributed by atoms with E-state index in [1.807, 2.05) is 38.1 Å². The Morgan fingerprint density at radius 3 is 2.70 bits per heavy atom. The van der Waals surface area contributed by atoms with Crippen LogP contribution in [0.25, 0.3) is 0 Å². The number of halogens is 1. The average Bonchev–Trinajstić information content (AvgIpc) is 3.00. The summed E-state index contributed by atoms with van der Waals surface area (Å²) < 4.78 is 5.42. The van der Waals surface area contributed by atoms with Gasteiger partial charge in [0.05, 0.1) is 12.6 Å². The van der Waals surface area contributed by atoms with Crippen molar-refractivity contribution in [1.82, 2.24) is 5.32 Å². The predicted molar refractivity (Wildman–Crippen MR) is 107 cm³/mol. The number of carbonyl (C=O) groups excluding carboxylic acids is 2. The number of hydrogen-bond acceptors (Lipinski definition) is 3. The van der Waals surface area contributed by atoms with Gasteiger partial charge in [-0.05, 0) is 55.8 Å². The van der Waals surface area contributed by atoms with Crippen LogP contribution < -0.4 is 20.3 Å². The molecular formula is C20H22ClN3O3. The Morgan fingerprint density at radius 1 is 1.26 bits per heavy atom. The van der Waals surface area contributed by atoms with Gasteiger partial charge in [-0.2, -0.15) is 0 Å². The Hall–Kier alpha value is -2.73. The van der Waals surface area contributed by atoms with Gasteiger partial charge in [-0.25, -0.2) is 4.79 Å². The van der Waals surface area contributed by atoms with Crippen LogP contribution in [0.15, 0.2) is 42.5 Å². The monoisotopic (exact) mass is 387 g/mol. The standard InChI is InChI=1S/C20H22ClN3O3/c1-3-27-16-9-7-15(8-10-16)24-12-14(11-19(24)25)22-20(26)23-18-6-4-5-17(21)13(18)2/h4-10,14H,3,11-12H2,1-2H3,(H2,22,23,26)/t14-/m1/s1. The van der Waals surface area contributed by atoms with E-state index in [0.29, 0.717) is 23.9 Å². The van der Waals surface area contributed by atoms with Gasteiger partial charge in [0, 0.05) is 29.4 Å². The van der Waals surface area contributed by atoms with E-state index in [4.69, 9.17) is 16.3 Å². The van der Waals surface area contributed by atoms with Crippen LogP contribution in [-0.2, 0) is 4.79 Å². The summed E-state index contributed by atoms with van der Waals surface area (Å²) in [5.74, 6) is 0.738. The van der Waals surface area contributed by atoms with Crippen molar-refractivity contribution in [3.05, 3.63) is 53.1 Å². The summed E-state index contributed by atoms with van der Waals surface area (Å²) >= 11 is 6.07. The molecule has 142 valence electrons. The Bertz CT molecular complexity index is 839.